The summed E-state index contributed by atoms with van der Waals surface area (Å²) in [5.41, 5.74) is 8.79. The molecular weight excluding hydrogens is 254 g/mol. The van der Waals surface area contributed by atoms with E-state index in [1.807, 2.05) is 32.0 Å². The number of benzene rings is 1. The first-order chi connectivity index (χ1) is 9.58. The third-order valence-electron chi connectivity index (χ3n) is 3.42. The Hall–Kier alpha value is -2.14. The van der Waals surface area contributed by atoms with Gasteiger partial charge in [-0.3, -0.25) is 14.5 Å². The van der Waals surface area contributed by atoms with Crippen LogP contribution in [0.4, 0.5) is 0 Å². The highest BCUT2D eigenvalue weighted by Gasteiger charge is 2.20. The van der Waals surface area contributed by atoms with Crippen molar-refractivity contribution in [2.45, 2.75) is 20.3 Å². The Morgan fingerprint density at radius 2 is 2.15 bits per heavy atom. The average molecular weight is 273 g/mol. The molecule has 0 spiro atoms. The molecule has 2 rings (SSSR count). The number of aromatic amines is 1. The summed E-state index contributed by atoms with van der Waals surface area (Å²) in [6, 6.07) is 5.96. The van der Waals surface area contributed by atoms with Crippen molar-refractivity contribution in [3.05, 3.63) is 35.0 Å². The summed E-state index contributed by atoms with van der Waals surface area (Å²) in [4.78, 5) is 27.7. The number of aryl methyl sites for hydroxylation is 2. The minimum absolute atomic E-state index is 0.306. The third-order valence-corrected chi connectivity index (χ3v) is 3.42. The molecule has 0 fully saturated rings. The molecular formula is C15H19N3O2. The van der Waals surface area contributed by atoms with Crippen molar-refractivity contribution in [1.82, 2.24) is 9.88 Å². The van der Waals surface area contributed by atoms with Gasteiger partial charge in [-0.15, -0.1) is 0 Å². The van der Waals surface area contributed by atoms with E-state index >= 15 is 0 Å². The van der Waals surface area contributed by atoms with E-state index in [4.69, 9.17) is 5.73 Å². The minimum atomic E-state index is -0.306. The van der Waals surface area contributed by atoms with Gasteiger partial charge in [0.05, 0.1) is 0 Å². The molecule has 2 amide bonds. The molecule has 0 saturated carbocycles. The van der Waals surface area contributed by atoms with Gasteiger partial charge in [0.1, 0.15) is 5.69 Å². The van der Waals surface area contributed by atoms with Gasteiger partial charge >= 0.3 is 0 Å². The fourth-order valence-electron chi connectivity index (χ4n) is 2.26. The van der Waals surface area contributed by atoms with Crippen molar-refractivity contribution < 1.29 is 9.59 Å². The molecule has 0 saturated heterocycles. The summed E-state index contributed by atoms with van der Waals surface area (Å²) in [6.07, 6.45) is 1.16. The van der Waals surface area contributed by atoms with Crippen LogP contribution in [-0.4, -0.2) is 35.3 Å². The van der Waals surface area contributed by atoms with Crippen molar-refractivity contribution in [1.29, 1.82) is 0 Å². The predicted molar refractivity (Wildman–Crippen MR) is 78.5 cm³/mol. The second-order valence-electron chi connectivity index (χ2n) is 4.92. The smallest absolute Gasteiger partial charge is 0.276 e. The number of aromatic nitrogens is 1. The van der Waals surface area contributed by atoms with Crippen molar-refractivity contribution in [3.8, 4) is 0 Å². The molecule has 106 valence electrons. The molecule has 1 aromatic carbocycles. The molecule has 20 heavy (non-hydrogen) atoms. The van der Waals surface area contributed by atoms with Crippen molar-refractivity contribution in [2.24, 2.45) is 5.73 Å². The van der Waals surface area contributed by atoms with Crippen molar-refractivity contribution in [2.75, 3.05) is 13.1 Å². The van der Waals surface area contributed by atoms with Gasteiger partial charge in [0.15, 0.2) is 0 Å². The summed E-state index contributed by atoms with van der Waals surface area (Å²) in [7, 11) is 0. The van der Waals surface area contributed by atoms with Gasteiger partial charge in [0.25, 0.3) is 5.91 Å². The number of H-pyrrole nitrogens is 1. The number of carbonyl (C=O) groups is 2. The first-order valence-electron chi connectivity index (χ1n) is 6.63. The summed E-state index contributed by atoms with van der Waals surface area (Å²) in [5, 5.41) is 1.01. The van der Waals surface area contributed by atoms with Crippen LogP contribution in [-0.2, 0) is 4.79 Å². The first kappa shape index (κ1) is 14.3. The largest absolute Gasteiger partial charge is 0.350 e. The zero-order chi connectivity index (χ0) is 14.7. The molecule has 0 aliphatic rings. The Morgan fingerprint density at radius 1 is 1.40 bits per heavy atom. The topological polar surface area (TPSA) is 79.2 Å². The Balaban J connectivity index is 2.39. The zero-order valence-corrected chi connectivity index (χ0v) is 11.8. The van der Waals surface area contributed by atoms with Crippen molar-refractivity contribution >= 4 is 23.2 Å². The molecule has 2 aromatic rings. The van der Waals surface area contributed by atoms with Crippen LogP contribution in [0, 0.1) is 13.8 Å². The van der Waals surface area contributed by atoms with E-state index in [0.29, 0.717) is 31.6 Å². The standard InChI is InChI=1S/C15H19N3O2/c1-10-4-5-13-12(8-10)11(2)14(17-13)15(20)18(9-19)7-3-6-16/h4-5,8-9,17H,3,6-7,16H2,1-2H3. The molecule has 0 bridgehead atoms. The number of nitrogens with one attached hydrogen (secondary N) is 1. The number of nitrogens with two attached hydrogens (primary N) is 1. The lowest BCUT2D eigenvalue weighted by Crippen LogP contribution is -2.32. The van der Waals surface area contributed by atoms with Crippen LogP contribution in [0.2, 0.25) is 0 Å². The number of imide groups is 1. The number of rotatable bonds is 5. The second-order valence-corrected chi connectivity index (χ2v) is 4.92. The maximum atomic E-state index is 12.4. The Kier molecular flexibility index (Phi) is 4.20. The fraction of sp³-hybridized carbons (Fsp3) is 0.333. The molecule has 5 nitrogen and oxygen atoms in total. The maximum absolute atomic E-state index is 12.4. The van der Waals surface area contributed by atoms with E-state index in [-0.39, 0.29) is 5.91 Å². The summed E-state index contributed by atoms with van der Waals surface area (Å²) >= 11 is 0. The quantitative estimate of drug-likeness (QED) is 0.814. The normalized spacial score (nSPS) is 10.8. The SMILES string of the molecule is Cc1ccc2[nH]c(C(=O)N(C=O)CCCN)c(C)c2c1. The first-order valence-corrected chi connectivity index (χ1v) is 6.63. The van der Waals surface area contributed by atoms with E-state index in [2.05, 4.69) is 4.98 Å². The van der Waals surface area contributed by atoms with Gasteiger partial charge in [-0.1, -0.05) is 11.6 Å². The van der Waals surface area contributed by atoms with Gasteiger partial charge in [-0.05, 0) is 44.5 Å². The Bertz CT molecular complexity index is 646. The lowest BCUT2D eigenvalue weighted by atomic mass is 10.1. The lowest BCUT2D eigenvalue weighted by molar-refractivity contribution is -0.116. The summed E-state index contributed by atoms with van der Waals surface area (Å²) in [6.45, 7) is 4.68. The van der Waals surface area contributed by atoms with E-state index in [0.717, 1.165) is 26.9 Å². The molecule has 3 N–H and O–H groups in total. The van der Waals surface area contributed by atoms with Crippen LogP contribution < -0.4 is 5.73 Å². The number of hydrogen-bond acceptors (Lipinski definition) is 3. The molecule has 1 heterocycles. The predicted octanol–water partition coefficient (Wildman–Crippen LogP) is 1.73. The number of fused-ring (bicyclic) bond motifs is 1. The summed E-state index contributed by atoms with van der Waals surface area (Å²) < 4.78 is 0. The molecule has 0 aliphatic carbocycles. The van der Waals surface area contributed by atoms with E-state index in [9.17, 15) is 9.59 Å². The van der Waals surface area contributed by atoms with Crippen LogP contribution in [0.1, 0.15) is 28.0 Å². The Labute approximate surface area is 117 Å². The van der Waals surface area contributed by atoms with Crippen molar-refractivity contribution in [3.63, 3.8) is 0 Å². The monoisotopic (exact) mass is 273 g/mol. The van der Waals surface area contributed by atoms with E-state index < -0.39 is 0 Å². The van der Waals surface area contributed by atoms with E-state index in [1.165, 1.54) is 0 Å². The second kappa shape index (κ2) is 5.88. The zero-order valence-electron chi connectivity index (χ0n) is 11.8. The highest BCUT2D eigenvalue weighted by molar-refractivity contribution is 6.04. The van der Waals surface area contributed by atoms with Crippen LogP contribution in [0.25, 0.3) is 10.9 Å². The van der Waals surface area contributed by atoms with Crippen LogP contribution in [0.5, 0.6) is 0 Å². The van der Waals surface area contributed by atoms with Gasteiger partial charge in [-0.2, -0.15) is 0 Å². The lowest BCUT2D eigenvalue weighted by Gasteiger charge is -2.14. The molecule has 5 heteroatoms. The number of nitrogens with zero attached hydrogens (tertiary/aromatic N) is 1. The molecule has 1 aromatic heterocycles. The number of amides is 2. The van der Waals surface area contributed by atoms with Gasteiger partial charge in [0.2, 0.25) is 6.41 Å². The molecule has 0 unspecified atom stereocenters. The third kappa shape index (κ3) is 2.58. The maximum Gasteiger partial charge on any atom is 0.276 e. The minimum Gasteiger partial charge on any atom is -0.350 e. The van der Waals surface area contributed by atoms with Gasteiger partial charge in [-0.25, -0.2) is 0 Å². The van der Waals surface area contributed by atoms with Crippen LogP contribution in [0.3, 0.4) is 0 Å². The molecule has 0 aliphatic heterocycles. The number of hydrogen-bond donors (Lipinski definition) is 2. The highest BCUT2D eigenvalue weighted by Crippen LogP contribution is 2.23. The molecule has 0 atom stereocenters. The van der Waals surface area contributed by atoms with Gasteiger partial charge in [0, 0.05) is 17.4 Å². The van der Waals surface area contributed by atoms with E-state index in [1.54, 1.807) is 0 Å². The highest BCUT2D eigenvalue weighted by atomic mass is 16.2. The average Bonchev–Trinajstić information content (AvgIpc) is 2.76. The summed E-state index contributed by atoms with van der Waals surface area (Å²) in [5.74, 6) is -0.306. The van der Waals surface area contributed by atoms with Crippen LogP contribution in [0.15, 0.2) is 18.2 Å². The van der Waals surface area contributed by atoms with Gasteiger partial charge < -0.3 is 10.7 Å². The molecule has 0 radical (unpaired) electrons. The van der Waals surface area contributed by atoms with Crippen LogP contribution >= 0.6 is 0 Å². The fourth-order valence-corrected chi connectivity index (χ4v) is 2.26. The number of carbonyl (C=O) groups excluding carboxylic acids is 2. The Morgan fingerprint density at radius 3 is 2.80 bits per heavy atom.